The van der Waals surface area contributed by atoms with Crippen LogP contribution in [0, 0.1) is 13.8 Å². The minimum atomic E-state index is -4.25. The summed E-state index contributed by atoms with van der Waals surface area (Å²) in [6.45, 7) is 2.90. The van der Waals surface area contributed by atoms with Crippen LogP contribution in [0.15, 0.2) is 18.2 Å². The van der Waals surface area contributed by atoms with Crippen molar-refractivity contribution in [2.75, 3.05) is 20.3 Å². The lowest BCUT2D eigenvalue weighted by molar-refractivity contribution is -0.174. The van der Waals surface area contributed by atoms with Gasteiger partial charge in [-0.3, -0.25) is 0 Å². The number of hydrogen-bond donors (Lipinski definition) is 1. The van der Waals surface area contributed by atoms with Crippen LogP contribution in [-0.4, -0.2) is 26.4 Å². The molecule has 0 aliphatic carbocycles. The summed E-state index contributed by atoms with van der Waals surface area (Å²) < 4.78 is 40.5. The summed E-state index contributed by atoms with van der Waals surface area (Å²) >= 11 is 0. The Morgan fingerprint density at radius 2 is 1.74 bits per heavy atom. The first-order valence-electron chi connectivity index (χ1n) is 6.22. The van der Waals surface area contributed by atoms with Crippen molar-refractivity contribution >= 4 is 0 Å². The molecular weight excluding hydrogens is 255 g/mol. The largest absolute Gasteiger partial charge is 0.411 e. The molecule has 0 saturated carbocycles. The van der Waals surface area contributed by atoms with Gasteiger partial charge in [-0.05, 0) is 32.9 Å². The molecule has 5 heteroatoms. The second-order valence-corrected chi connectivity index (χ2v) is 4.72. The molecule has 0 aromatic heterocycles. The molecule has 1 atom stereocenters. The highest BCUT2D eigenvalue weighted by Gasteiger charge is 2.27. The first kappa shape index (κ1) is 16.0. The number of rotatable bonds is 6. The van der Waals surface area contributed by atoms with Crippen LogP contribution in [0.25, 0.3) is 0 Å². The highest BCUT2D eigenvalue weighted by Crippen LogP contribution is 2.20. The summed E-state index contributed by atoms with van der Waals surface area (Å²) in [4.78, 5) is 0. The minimum Gasteiger partial charge on any atom is -0.372 e. The number of nitrogens with one attached hydrogen (secondary N) is 1. The Morgan fingerprint density at radius 1 is 1.16 bits per heavy atom. The van der Waals surface area contributed by atoms with Gasteiger partial charge in [0.25, 0.3) is 0 Å². The number of hydrogen-bond acceptors (Lipinski definition) is 2. The van der Waals surface area contributed by atoms with E-state index in [-0.39, 0.29) is 12.6 Å². The monoisotopic (exact) mass is 275 g/mol. The van der Waals surface area contributed by atoms with Gasteiger partial charge >= 0.3 is 6.18 Å². The maximum atomic E-state index is 12.0. The van der Waals surface area contributed by atoms with Gasteiger partial charge in [0.1, 0.15) is 6.61 Å². The first-order valence-corrected chi connectivity index (χ1v) is 6.22. The van der Waals surface area contributed by atoms with Crippen LogP contribution in [0.3, 0.4) is 0 Å². The molecule has 1 rings (SSSR count). The summed E-state index contributed by atoms with van der Waals surface area (Å²) in [6, 6.07) is 6.15. The van der Waals surface area contributed by atoms with Gasteiger partial charge in [-0.15, -0.1) is 0 Å². The van der Waals surface area contributed by atoms with Gasteiger partial charge in [-0.1, -0.05) is 29.3 Å². The zero-order valence-corrected chi connectivity index (χ0v) is 11.5. The number of aryl methyl sites for hydroxylation is 2. The van der Waals surface area contributed by atoms with Gasteiger partial charge in [-0.2, -0.15) is 13.2 Å². The van der Waals surface area contributed by atoms with E-state index >= 15 is 0 Å². The predicted molar refractivity (Wildman–Crippen MR) is 69.2 cm³/mol. The molecule has 1 N–H and O–H groups in total. The average molecular weight is 275 g/mol. The standard InChI is InChI=1S/C14H20F3NO/c1-10-6-11(2)8-12(7-10)13(18-3)4-5-19-9-14(15,16)17/h6-8,13,18H,4-5,9H2,1-3H3. The van der Waals surface area contributed by atoms with Crippen molar-refractivity contribution in [2.24, 2.45) is 0 Å². The smallest absolute Gasteiger partial charge is 0.372 e. The van der Waals surface area contributed by atoms with Gasteiger partial charge in [-0.25, -0.2) is 0 Å². The summed E-state index contributed by atoms with van der Waals surface area (Å²) in [5, 5.41) is 3.11. The molecule has 108 valence electrons. The molecule has 2 nitrogen and oxygen atoms in total. The molecule has 0 spiro atoms. The lowest BCUT2D eigenvalue weighted by Crippen LogP contribution is -2.21. The van der Waals surface area contributed by atoms with Gasteiger partial charge < -0.3 is 10.1 Å². The fourth-order valence-electron chi connectivity index (χ4n) is 2.08. The van der Waals surface area contributed by atoms with Gasteiger partial charge in [0, 0.05) is 12.6 Å². The third-order valence-electron chi connectivity index (χ3n) is 2.81. The van der Waals surface area contributed by atoms with E-state index in [0.29, 0.717) is 6.42 Å². The van der Waals surface area contributed by atoms with E-state index in [9.17, 15) is 13.2 Å². The van der Waals surface area contributed by atoms with Crippen molar-refractivity contribution < 1.29 is 17.9 Å². The fraction of sp³-hybridized carbons (Fsp3) is 0.571. The highest BCUT2D eigenvalue weighted by atomic mass is 19.4. The third-order valence-corrected chi connectivity index (χ3v) is 2.81. The van der Waals surface area contributed by atoms with Crippen LogP contribution in [0.2, 0.25) is 0 Å². The van der Waals surface area contributed by atoms with Crippen molar-refractivity contribution in [3.05, 3.63) is 34.9 Å². The second-order valence-electron chi connectivity index (χ2n) is 4.72. The first-order chi connectivity index (χ1) is 8.81. The molecule has 0 heterocycles. The zero-order chi connectivity index (χ0) is 14.5. The Hall–Kier alpha value is -1.07. The van der Waals surface area contributed by atoms with Crippen LogP contribution in [-0.2, 0) is 4.74 Å². The maximum Gasteiger partial charge on any atom is 0.411 e. The normalized spacial score (nSPS) is 13.6. The molecule has 19 heavy (non-hydrogen) atoms. The SMILES string of the molecule is CNC(CCOCC(F)(F)F)c1cc(C)cc(C)c1. The fourth-order valence-corrected chi connectivity index (χ4v) is 2.08. The van der Waals surface area contributed by atoms with E-state index in [4.69, 9.17) is 0 Å². The Labute approximate surface area is 112 Å². The molecule has 0 fully saturated rings. The number of alkyl halides is 3. The lowest BCUT2D eigenvalue weighted by atomic mass is 9.99. The van der Waals surface area contributed by atoms with E-state index in [0.717, 1.165) is 16.7 Å². The van der Waals surface area contributed by atoms with E-state index in [2.05, 4.69) is 16.1 Å². The van der Waals surface area contributed by atoms with Crippen molar-refractivity contribution in [1.82, 2.24) is 5.32 Å². The van der Waals surface area contributed by atoms with Crippen molar-refractivity contribution in [3.63, 3.8) is 0 Å². The number of ether oxygens (including phenoxy) is 1. The van der Waals surface area contributed by atoms with Gasteiger partial charge in [0.05, 0.1) is 0 Å². The number of halogens is 3. The Kier molecular flexibility index (Phi) is 5.82. The topological polar surface area (TPSA) is 21.3 Å². The van der Waals surface area contributed by atoms with Crippen molar-refractivity contribution in [2.45, 2.75) is 32.5 Å². The summed E-state index contributed by atoms with van der Waals surface area (Å²) in [7, 11) is 1.80. The number of benzene rings is 1. The lowest BCUT2D eigenvalue weighted by Gasteiger charge is -2.18. The molecule has 0 bridgehead atoms. The molecule has 0 aliphatic rings. The van der Waals surface area contributed by atoms with Crippen LogP contribution in [0.4, 0.5) is 13.2 Å². The molecule has 1 aromatic rings. The van der Waals surface area contributed by atoms with E-state index < -0.39 is 12.8 Å². The van der Waals surface area contributed by atoms with Crippen LogP contribution < -0.4 is 5.32 Å². The molecule has 0 amide bonds. The van der Waals surface area contributed by atoms with E-state index in [1.165, 1.54) is 0 Å². The average Bonchev–Trinajstić information content (AvgIpc) is 2.26. The zero-order valence-electron chi connectivity index (χ0n) is 11.5. The quantitative estimate of drug-likeness (QED) is 0.802. The summed E-state index contributed by atoms with van der Waals surface area (Å²) in [5.74, 6) is 0. The van der Waals surface area contributed by atoms with Crippen molar-refractivity contribution in [1.29, 1.82) is 0 Å². The second kappa shape index (κ2) is 6.91. The minimum absolute atomic E-state index is 0.00633. The van der Waals surface area contributed by atoms with Crippen molar-refractivity contribution in [3.8, 4) is 0 Å². The summed E-state index contributed by atoms with van der Waals surface area (Å²) in [6.07, 6.45) is -3.75. The van der Waals surface area contributed by atoms with Gasteiger partial charge in [0.15, 0.2) is 0 Å². The molecule has 1 aromatic carbocycles. The van der Waals surface area contributed by atoms with Gasteiger partial charge in [0.2, 0.25) is 0 Å². The van der Waals surface area contributed by atoms with Crippen LogP contribution in [0.1, 0.15) is 29.2 Å². The molecule has 0 saturated heterocycles. The predicted octanol–water partition coefficient (Wildman–Crippen LogP) is 3.53. The van der Waals surface area contributed by atoms with Crippen LogP contribution >= 0.6 is 0 Å². The Bertz CT molecular complexity index is 384. The molecule has 0 radical (unpaired) electrons. The Morgan fingerprint density at radius 3 is 2.21 bits per heavy atom. The molecule has 1 unspecified atom stereocenters. The Balaban J connectivity index is 2.53. The molecular formula is C14H20F3NO. The molecule has 0 aliphatic heterocycles. The summed E-state index contributed by atoms with van der Waals surface area (Å²) in [5.41, 5.74) is 3.37. The van der Waals surface area contributed by atoms with E-state index in [1.807, 2.05) is 26.0 Å². The van der Waals surface area contributed by atoms with Crippen LogP contribution in [0.5, 0.6) is 0 Å². The van der Waals surface area contributed by atoms with E-state index in [1.54, 1.807) is 7.05 Å². The third kappa shape index (κ3) is 6.07. The highest BCUT2D eigenvalue weighted by molar-refractivity contribution is 5.30. The maximum absolute atomic E-state index is 12.0.